The molecule has 10 heteroatoms. The number of nitrogens with zero attached hydrogens (tertiary/aromatic N) is 1. The molecular formula is C23H26N4O6. The summed E-state index contributed by atoms with van der Waals surface area (Å²) in [6.07, 6.45) is 3.17. The quantitative estimate of drug-likeness (QED) is 0.299. The predicted octanol–water partition coefficient (Wildman–Crippen LogP) is 1.46. The molecule has 0 radical (unpaired) electrons. The standard InChI is InChI=1S/C23H26N4O6/c1-31-19-5-2-4-17(12-19)26-21(28)15-33-18-9-7-16(8-10-18)13-25-27-23(30)22(29)24-14-20-6-3-11-32-20/h2,4-5,7-10,12-13,20H,3,6,11,14-15H2,1H3,(H,24,29)(H,26,28)(H,27,30)/b25-13-/t20-/m1/s1. The molecule has 0 spiro atoms. The number of hydrazone groups is 1. The Kier molecular flexibility index (Phi) is 8.78. The third kappa shape index (κ3) is 7.93. The number of methoxy groups -OCH3 is 1. The molecule has 2 aromatic rings. The molecule has 0 unspecified atom stereocenters. The Labute approximate surface area is 191 Å². The van der Waals surface area contributed by atoms with Crippen molar-refractivity contribution in [2.75, 3.05) is 32.2 Å². The van der Waals surface area contributed by atoms with Crippen molar-refractivity contribution in [2.45, 2.75) is 18.9 Å². The summed E-state index contributed by atoms with van der Waals surface area (Å²) in [4.78, 5) is 35.6. The maximum Gasteiger partial charge on any atom is 0.329 e. The lowest BCUT2D eigenvalue weighted by Crippen LogP contribution is -2.41. The lowest BCUT2D eigenvalue weighted by Gasteiger charge is -2.09. The Bertz CT molecular complexity index is 987. The van der Waals surface area contributed by atoms with Crippen LogP contribution in [0.5, 0.6) is 11.5 Å². The molecule has 3 amide bonds. The lowest BCUT2D eigenvalue weighted by molar-refractivity contribution is -0.139. The number of carbonyl (C=O) groups is 3. The van der Waals surface area contributed by atoms with Gasteiger partial charge in [-0.05, 0) is 54.8 Å². The maximum atomic E-state index is 12.1. The average Bonchev–Trinajstić information content (AvgIpc) is 3.36. The third-order valence-corrected chi connectivity index (χ3v) is 4.70. The highest BCUT2D eigenvalue weighted by Crippen LogP contribution is 2.17. The SMILES string of the molecule is COc1cccc(NC(=O)COc2ccc(/C=N\NC(=O)C(=O)NC[C@H]3CCCO3)cc2)c1. The van der Waals surface area contributed by atoms with Crippen molar-refractivity contribution in [1.82, 2.24) is 10.7 Å². The van der Waals surface area contributed by atoms with Gasteiger partial charge in [-0.3, -0.25) is 14.4 Å². The first kappa shape index (κ1) is 23.7. The van der Waals surface area contributed by atoms with E-state index in [4.69, 9.17) is 14.2 Å². The van der Waals surface area contributed by atoms with E-state index in [2.05, 4.69) is 21.2 Å². The minimum Gasteiger partial charge on any atom is -0.497 e. The van der Waals surface area contributed by atoms with Gasteiger partial charge in [0.05, 0.1) is 19.4 Å². The number of ether oxygens (including phenoxy) is 3. The molecule has 10 nitrogen and oxygen atoms in total. The van der Waals surface area contributed by atoms with Crippen molar-refractivity contribution < 1.29 is 28.6 Å². The van der Waals surface area contributed by atoms with Gasteiger partial charge < -0.3 is 24.8 Å². The molecule has 2 aromatic carbocycles. The van der Waals surface area contributed by atoms with Gasteiger partial charge in [0.15, 0.2) is 6.61 Å². The maximum absolute atomic E-state index is 12.1. The Morgan fingerprint density at radius 2 is 1.94 bits per heavy atom. The van der Waals surface area contributed by atoms with Crippen LogP contribution in [0.1, 0.15) is 18.4 Å². The molecule has 0 saturated carbocycles. The molecule has 1 saturated heterocycles. The van der Waals surface area contributed by atoms with Crippen LogP contribution in [0.15, 0.2) is 53.6 Å². The number of amides is 3. The molecule has 1 aliphatic heterocycles. The largest absolute Gasteiger partial charge is 0.497 e. The van der Waals surface area contributed by atoms with Crippen LogP contribution in [0.4, 0.5) is 5.69 Å². The van der Waals surface area contributed by atoms with Crippen LogP contribution >= 0.6 is 0 Å². The molecule has 174 valence electrons. The van der Waals surface area contributed by atoms with E-state index in [0.29, 0.717) is 35.9 Å². The lowest BCUT2D eigenvalue weighted by atomic mass is 10.2. The molecule has 1 heterocycles. The van der Waals surface area contributed by atoms with Gasteiger partial charge >= 0.3 is 11.8 Å². The Morgan fingerprint density at radius 3 is 2.67 bits per heavy atom. The van der Waals surface area contributed by atoms with Crippen molar-refractivity contribution in [3.8, 4) is 11.5 Å². The van der Waals surface area contributed by atoms with Gasteiger partial charge in [0.25, 0.3) is 5.91 Å². The van der Waals surface area contributed by atoms with E-state index in [-0.39, 0.29) is 18.6 Å². The van der Waals surface area contributed by atoms with Crippen molar-refractivity contribution >= 4 is 29.6 Å². The van der Waals surface area contributed by atoms with E-state index in [1.54, 1.807) is 55.6 Å². The fourth-order valence-corrected chi connectivity index (χ4v) is 3.01. The molecule has 0 aromatic heterocycles. The second kappa shape index (κ2) is 12.2. The van der Waals surface area contributed by atoms with Gasteiger partial charge in [-0.15, -0.1) is 0 Å². The van der Waals surface area contributed by atoms with Gasteiger partial charge in [-0.2, -0.15) is 5.10 Å². The van der Waals surface area contributed by atoms with Crippen LogP contribution in [0.2, 0.25) is 0 Å². The third-order valence-electron chi connectivity index (χ3n) is 4.70. The molecule has 33 heavy (non-hydrogen) atoms. The highest BCUT2D eigenvalue weighted by atomic mass is 16.5. The first-order valence-electron chi connectivity index (χ1n) is 10.4. The molecule has 3 N–H and O–H groups in total. The number of hydrogen-bond acceptors (Lipinski definition) is 7. The van der Waals surface area contributed by atoms with E-state index in [9.17, 15) is 14.4 Å². The normalized spacial score (nSPS) is 15.1. The molecule has 1 fully saturated rings. The summed E-state index contributed by atoms with van der Waals surface area (Å²) in [6, 6.07) is 13.7. The molecule has 0 aliphatic carbocycles. The molecular weight excluding hydrogens is 428 g/mol. The summed E-state index contributed by atoms with van der Waals surface area (Å²) < 4.78 is 16.0. The number of anilines is 1. The second-order valence-electron chi connectivity index (χ2n) is 7.18. The van der Waals surface area contributed by atoms with Crippen LogP contribution in [-0.4, -0.2) is 56.9 Å². The molecule has 1 atom stereocenters. The predicted molar refractivity (Wildman–Crippen MR) is 121 cm³/mol. The minimum absolute atomic E-state index is 0.0427. The van der Waals surface area contributed by atoms with Crippen LogP contribution in [0.3, 0.4) is 0 Å². The Morgan fingerprint density at radius 1 is 1.12 bits per heavy atom. The summed E-state index contributed by atoms with van der Waals surface area (Å²) in [5, 5.41) is 9.02. The molecule has 3 rings (SSSR count). The van der Waals surface area contributed by atoms with Gasteiger partial charge in [-0.25, -0.2) is 5.43 Å². The second-order valence-corrected chi connectivity index (χ2v) is 7.18. The summed E-state index contributed by atoms with van der Waals surface area (Å²) >= 11 is 0. The topological polar surface area (TPSA) is 127 Å². The number of nitrogens with one attached hydrogen (secondary N) is 3. The van der Waals surface area contributed by atoms with Crippen LogP contribution in [-0.2, 0) is 19.1 Å². The van der Waals surface area contributed by atoms with Gasteiger partial charge in [0.2, 0.25) is 0 Å². The smallest absolute Gasteiger partial charge is 0.329 e. The van der Waals surface area contributed by atoms with E-state index < -0.39 is 11.8 Å². The molecule has 0 bridgehead atoms. The van der Waals surface area contributed by atoms with Crippen LogP contribution in [0, 0.1) is 0 Å². The minimum atomic E-state index is -0.855. The van der Waals surface area contributed by atoms with Crippen molar-refractivity contribution in [1.29, 1.82) is 0 Å². The zero-order valence-electron chi connectivity index (χ0n) is 18.2. The fraction of sp³-hybridized carbons (Fsp3) is 0.304. The first-order valence-corrected chi connectivity index (χ1v) is 10.4. The highest BCUT2D eigenvalue weighted by Gasteiger charge is 2.18. The van der Waals surface area contributed by atoms with E-state index in [1.807, 2.05) is 0 Å². The number of benzene rings is 2. The Balaban J connectivity index is 1.38. The monoisotopic (exact) mass is 454 g/mol. The van der Waals surface area contributed by atoms with Crippen molar-refractivity contribution in [3.63, 3.8) is 0 Å². The first-order chi connectivity index (χ1) is 16.0. The van der Waals surface area contributed by atoms with Crippen LogP contribution < -0.4 is 25.5 Å². The van der Waals surface area contributed by atoms with Gasteiger partial charge in [-0.1, -0.05) is 6.07 Å². The fourth-order valence-electron chi connectivity index (χ4n) is 3.01. The Hall–Kier alpha value is -3.92. The highest BCUT2D eigenvalue weighted by molar-refractivity contribution is 6.35. The summed E-state index contributed by atoms with van der Waals surface area (Å²) in [7, 11) is 1.55. The van der Waals surface area contributed by atoms with Gasteiger partial charge in [0, 0.05) is 24.9 Å². The van der Waals surface area contributed by atoms with E-state index in [0.717, 1.165) is 12.8 Å². The zero-order valence-corrected chi connectivity index (χ0v) is 18.2. The zero-order chi connectivity index (χ0) is 23.5. The molecule has 1 aliphatic rings. The average molecular weight is 454 g/mol. The van der Waals surface area contributed by atoms with Crippen molar-refractivity contribution in [3.05, 3.63) is 54.1 Å². The van der Waals surface area contributed by atoms with Gasteiger partial charge in [0.1, 0.15) is 11.5 Å². The van der Waals surface area contributed by atoms with Crippen LogP contribution in [0.25, 0.3) is 0 Å². The van der Waals surface area contributed by atoms with Crippen molar-refractivity contribution in [2.24, 2.45) is 5.10 Å². The van der Waals surface area contributed by atoms with E-state index in [1.165, 1.54) is 6.21 Å². The van der Waals surface area contributed by atoms with E-state index >= 15 is 0 Å². The number of hydrogen-bond donors (Lipinski definition) is 3. The number of rotatable bonds is 9. The summed E-state index contributed by atoms with van der Waals surface area (Å²) in [6.45, 7) is 0.814. The summed E-state index contributed by atoms with van der Waals surface area (Å²) in [5.41, 5.74) is 3.45. The number of carbonyl (C=O) groups excluding carboxylic acids is 3. The summed E-state index contributed by atoms with van der Waals surface area (Å²) in [5.74, 6) is -0.800.